The number of anilines is 1. The van der Waals surface area contributed by atoms with Crippen molar-refractivity contribution < 1.29 is 14.7 Å². The summed E-state index contributed by atoms with van der Waals surface area (Å²) in [5.74, 6) is -0.748. The molecule has 6 heteroatoms. The number of carbonyl (C=O) groups excluding carboxylic acids is 1. The lowest BCUT2D eigenvalue weighted by molar-refractivity contribution is -0.137. The van der Waals surface area contributed by atoms with E-state index in [-0.39, 0.29) is 12.5 Å². The fraction of sp³-hybridized carbons (Fsp3) is 0.312. The predicted octanol–water partition coefficient (Wildman–Crippen LogP) is 2.16. The normalized spacial score (nSPS) is 10.5. The van der Waals surface area contributed by atoms with Crippen LogP contribution in [0.15, 0.2) is 30.5 Å². The Morgan fingerprint density at radius 2 is 1.91 bits per heavy atom. The molecule has 0 aliphatic heterocycles. The van der Waals surface area contributed by atoms with E-state index in [1.165, 1.54) is 22.0 Å². The number of carboxylic acids is 1. The molecule has 6 nitrogen and oxygen atoms in total. The van der Waals surface area contributed by atoms with Crippen LogP contribution in [0.5, 0.6) is 0 Å². The monoisotopic (exact) mass is 301 g/mol. The molecule has 2 N–H and O–H groups in total. The number of carbonyl (C=O) groups is 2. The van der Waals surface area contributed by atoms with Crippen LogP contribution in [0.3, 0.4) is 0 Å². The van der Waals surface area contributed by atoms with Crippen molar-refractivity contribution in [3.8, 4) is 0 Å². The first-order chi connectivity index (χ1) is 10.4. The van der Waals surface area contributed by atoms with E-state index in [0.717, 1.165) is 5.56 Å². The van der Waals surface area contributed by atoms with Crippen molar-refractivity contribution in [3.63, 3.8) is 0 Å². The summed E-state index contributed by atoms with van der Waals surface area (Å²) in [5.41, 5.74) is 3.50. The minimum atomic E-state index is -0.976. The fourth-order valence-electron chi connectivity index (χ4n) is 2.33. The Hall–Kier alpha value is -2.63. The Morgan fingerprint density at radius 3 is 2.55 bits per heavy atom. The summed E-state index contributed by atoms with van der Waals surface area (Å²) >= 11 is 0. The van der Waals surface area contributed by atoms with Gasteiger partial charge in [-0.2, -0.15) is 5.10 Å². The van der Waals surface area contributed by atoms with Crippen molar-refractivity contribution in [1.29, 1.82) is 0 Å². The second-order valence-corrected chi connectivity index (χ2v) is 5.34. The summed E-state index contributed by atoms with van der Waals surface area (Å²) in [6, 6.07) is 7.82. The van der Waals surface area contributed by atoms with Crippen LogP contribution in [0.2, 0.25) is 0 Å². The molecule has 0 aliphatic carbocycles. The van der Waals surface area contributed by atoms with Crippen molar-refractivity contribution >= 4 is 17.7 Å². The number of aromatic nitrogens is 2. The summed E-state index contributed by atoms with van der Waals surface area (Å²) < 4.78 is 1.27. The van der Waals surface area contributed by atoms with Crippen LogP contribution in [0.1, 0.15) is 23.1 Å². The first kappa shape index (κ1) is 15.8. The first-order valence-electron chi connectivity index (χ1n) is 7.04. The number of rotatable bonds is 6. The number of amides is 1. The van der Waals surface area contributed by atoms with Crippen LogP contribution < -0.4 is 5.32 Å². The zero-order chi connectivity index (χ0) is 16.1. The molecule has 0 saturated heterocycles. The van der Waals surface area contributed by atoms with Gasteiger partial charge in [-0.3, -0.25) is 14.3 Å². The highest BCUT2D eigenvalue weighted by Gasteiger charge is 2.07. The van der Waals surface area contributed by atoms with Gasteiger partial charge in [-0.1, -0.05) is 29.3 Å². The topological polar surface area (TPSA) is 84.2 Å². The van der Waals surface area contributed by atoms with Gasteiger partial charge in [0.15, 0.2) is 5.82 Å². The molecule has 2 aromatic rings. The van der Waals surface area contributed by atoms with Crippen molar-refractivity contribution in [3.05, 3.63) is 47.2 Å². The number of hydrogen-bond donors (Lipinski definition) is 2. The average molecular weight is 301 g/mol. The van der Waals surface area contributed by atoms with Crippen LogP contribution in [0.25, 0.3) is 0 Å². The zero-order valence-corrected chi connectivity index (χ0v) is 12.7. The Balaban J connectivity index is 1.87. The van der Waals surface area contributed by atoms with Crippen LogP contribution in [0, 0.1) is 13.8 Å². The fourth-order valence-corrected chi connectivity index (χ4v) is 2.33. The van der Waals surface area contributed by atoms with E-state index in [4.69, 9.17) is 5.11 Å². The molecule has 2 rings (SSSR count). The molecule has 0 fully saturated rings. The van der Waals surface area contributed by atoms with Gasteiger partial charge in [0.05, 0.1) is 0 Å². The maximum absolute atomic E-state index is 11.9. The van der Waals surface area contributed by atoms with Crippen molar-refractivity contribution in [2.45, 2.75) is 33.2 Å². The number of aliphatic carboxylic acids is 1. The molecule has 1 amide bonds. The molecular formula is C16H19N3O3. The maximum Gasteiger partial charge on any atom is 0.325 e. The van der Waals surface area contributed by atoms with Gasteiger partial charge in [0.2, 0.25) is 5.91 Å². The zero-order valence-electron chi connectivity index (χ0n) is 12.7. The predicted molar refractivity (Wildman–Crippen MR) is 82.7 cm³/mol. The smallest absolute Gasteiger partial charge is 0.325 e. The molecule has 1 heterocycles. The third kappa shape index (κ3) is 4.73. The van der Waals surface area contributed by atoms with Crippen molar-refractivity contribution in [2.24, 2.45) is 0 Å². The Labute approximate surface area is 128 Å². The van der Waals surface area contributed by atoms with Crippen LogP contribution >= 0.6 is 0 Å². The number of nitrogens with one attached hydrogen (secondary N) is 1. The maximum atomic E-state index is 11.9. The van der Waals surface area contributed by atoms with Crippen molar-refractivity contribution in [1.82, 2.24) is 9.78 Å². The number of benzene rings is 1. The number of nitrogens with zero attached hydrogens (tertiary/aromatic N) is 2. The molecule has 0 saturated carbocycles. The molecule has 1 aromatic heterocycles. The molecule has 0 spiro atoms. The lowest BCUT2D eigenvalue weighted by Crippen LogP contribution is -2.14. The minimum absolute atomic E-state index is 0.139. The summed E-state index contributed by atoms with van der Waals surface area (Å²) in [5, 5.41) is 15.3. The highest BCUT2D eigenvalue weighted by Crippen LogP contribution is 2.11. The third-order valence-corrected chi connectivity index (χ3v) is 3.13. The summed E-state index contributed by atoms with van der Waals surface area (Å²) in [4.78, 5) is 22.5. The Kier molecular flexibility index (Phi) is 4.93. The highest BCUT2D eigenvalue weighted by molar-refractivity contribution is 5.89. The largest absolute Gasteiger partial charge is 0.480 e. The number of aryl methyl sites for hydroxylation is 3. The molecule has 116 valence electrons. The van der Waals surface area contributed by atoms with Gasteiger partial charge >= 0.3 is 5.97 Å². The first-order valence-corrected chi connectivity index (χ1v) is 7.04. The van der Waals surface area contributed by atoms with Crippen LogP contribution in [-0.2, 0) is 22.6 Å². The number of carboxylic acid groups (broad SMARTS) is 1. The van der Waals surface area contributed by atoms with E-state index >= 15 is 0 Å². The lowest BCUT2D eigenvalue weighted by atomic mass is 10.0. The SMILES string of the molecule is Cc1cc(C)cc(CCC(=O)Nc2ccn(CC(=O)O)n2)c1. The summed E-state index contributed by atoms with van der Waals surface area (Å²) in [6.45, 7) is 3.84. The molecule has 0 aliphatic rings. The molecule has 22 heavy (non-hydrogen) atoms. The van der Waals surface area contributed by atoms with Gasteiger partial charge in [0.25, 0.3) is 0 Å². The van der Waals surface area contributed by atoms with Crippen LogP contribution in [0.4, 0.5) is 5.82 Å². The van der Waals surface area contributed by atoms with E-state index < -0.39 is 5.97 Å². The summed E-state index contributed by atoms with van der Waals surface area (Å²) in [6.07, 6.45) is 2.53. The van der Waals surface area contributed by atoms with Gasteiger partial charge in [-0.25, -0.2) is 0 Å². The van der Waals surface area contributed by atoms with Crippen LogP contribution in [-0.4, -0.2) is 26.8 Å². The molecule has 0 radical (unpaired) electrons. The van der Waals surface area contributed by atoms with Gasteiger partial charge in [0.1, 0.15) is 6.54 Å². The van der Waals surface area contributed by atoms with E-state index in [0.29, 0.717) is 18.7 Å². The minimum Gasteiger partial charge on any atom is -0.480 e. The second-order valence-electron chi connectivity index (χ2n) is 5.34. The van der Waals surface area contributed by atoms with E-state index in [1.807, 2.05) is 13.8 Å². The number of hydrogen-bond acceptors (Lipinski definition) is 3. The molecule has 1 aromatic carbocycles. The van der Waals surface area contributed by atoms with E-state index in [2.05, 4.69) is 28.6 Å². The Morgan fingerprint density at radius 1 is 1.23 bits per heavy atom. The standard InChI is InChI=1S/C16H19N3O3/c1-11-7-12(2)9-13(8-11)3-4-15(20)17-14-5-6-19(18-14)10-16(21)22/h5-9H,3-4,10H2,1-2H3,(H,21,22)(H,17,18,20). The van der Waals surface area contributed by atoms with Crippen molar-refractivity contribution in [2.75, 3.05) is 5.32 Å². The molecule has 0 bridgehead atoms. The van der Waals surface area contributed by atoms with Gasteiger partial charge in [0, 0.05) is 18.7 Å². The lowest BCUT2D eigenvalue weighted by Gasteiger charge is -2.05. The third-order valence-electron chi connectivity index (χ3n) is 3.13. The molecule has 0 unspecified atom stereocenters. The quantitative estimate of drug-likeness (QED) is 0.856. The van der Waals surface area contributed by atoms with Gasteiger partial charge < -0.3 is 10.4 Å². The highest BCUT2D eigenvalue weighted by atomic mass is 16.4. The van der Waals surface area contributed by atoms with E-state index in [9.17, 15) is 9.59 Å². The molecular weight excluding hydrogens is 282 g/mol. The van der Waals surface area contributed by atoms with Gasteiger partial charge in [-0.05, 0) is 25.8 Å². The second kappa shape index (κ2) is 6.89. The average Bonchev–Trinajstić information content (AvgIpc) is 2.81. The molecule has 0 atom stereocenters. The summed E-state index contributed by atoms with van der Waals surface area (Å²) in [7, 11) is 0. The van der Waals surface area contributed by atoms with Gasteiger partial charge in [-0.15, -0.1) is 0 Å². The Bertz CT molecular complexity index is 671. The van der Waals surface area contributed by atoms with E-state index in [1.54, 1.807) is 6.07 Å².